The summed E-state index contributed by atoms with van der Waals surface area (Å²) >= 11 is 0. The number of pyridine rings is 4. The smallest absolute Gasteiger partial charge is 0.224 e. The highest BCUT2D eigenvalue weighted by atomic mass is 19.1. The van der Waals surface area contributed by atoms with E-state index in [0.29, 0.717) is 28.3 Å². The number of rotatable bonds is 6. The van der Waals surface area contributed by atoms with Crippen LogP contribution in [0.3, 0.4) is 0 Å². The SMILES string of the molecule is Cc1cccc(C)c1-c1cc(-c2ccc(F)nc2)nc(C(C)(C)c2cc(-c3c(C)cccc3C)cc(-c3ccc(F)nc3F)n2)c1. The predicted octanol–water partition coefficient (Wildman–Crippen LogP) is 9.91. The normalized spacial score (nSPS) is 11.6. The average Bonchev–Trinajstić information content (AvgIpc) is 3.01. The highest BCUT2D eigenvalue weighted by Gasteiger charge is 2.30. The van der Waals surface area contributed by atoms with E-state index < -0.39 is 23.3 Å². The number of hydrogen-bond acceptors (Lipinski definition) is 4. The van der Waals surface area contributed by atoms with Crippen LogP contribution in [0.5, 0.6) is 0 Å². The van der Waals surface area contributed by atoms with Crippen LogP contribution in [0.2, 0.25) is 0 Å². The lowest BCUT2D eigenvalue weighted by atomic mass is 9.81. The van der Waals surface area contributed by atoms with Crippen molar-refractivity contribution in [3.8, 4) is 44.8 Å². The van der Waals surface area contributed by atoms with Crippen LogP contribution in [0.15, 0.2) is 91.1 Å². The minimum absolute atomic E-state index is 0.0989. The van der Waals surface area contributed by atoms with Gasteiger partial charge in [0.25, 0.3) is 0 Å². The maximum absolute atomic E-state index is 15.1. The number of halogens is 3. The van der Waals surface area contributed by atoms with Gasteiger partial charge in [0.2, 0.25) is 17.8 Å². The third kappa shape index (κ3) is 5.81. The first-order chi connectivity index (χ1) is 21.9. The summed E-state index contributed by atoms with van der Waals surface area (Å²) in [4.78, 5) is 17.4. The van der Waals surface area contributed by atoms with Crippen LogP contribution in [0.1, 0.15) is 47.5 Å². The maximum Gasteiger partial charge on any atom is 0.224 e. The molecule has 0 aliphatic carbocycles. The van der Waals surface area contributed by atoms with Gasteiger partial charge in [0.1, 0.15) is 0 Å². The van der Waals surface area contributed by atoms with Gasteiger partial charge in [0.15, 0.2) is 0 Å². The average molecular weight is 615 g/mol. The molecule has 4 aromatic heterocycles. The third-order valence-electron chi connectivity index (χ3n) is 8.58. The highest BCUT2D eigenvalue weighted by molar-refractivity contribution is 5.77. The van der Waals surface area contributed by atoms with Crippen LogP contribution >= 0.6 is 0 Å². The van der Waals surface area contributed by atoms with Crippen molar-refractivity contribution in [2.24, 2.45) is 0 Å². The van der Waals surface area contributed by atoms with Crippen molar-refractivity contribution in [1.82, 2.24) is 19.9 Å². The Labute approximate surface area is 267 Å². The van der Waals surface area contributed by atoms with Crippen molar-refractivity contribution < 1.29 is 13.2 Å². The van der Waals surface area contributed by atoms with E-state index in [1.54, 1.807) is 6.07 Å². The summed E-state index contributed by atoms with van der Waals surface area (Å²) < 4.78 is 42.8. The first kappa shape index (κ1) is 30.8. The molecule has 0 radical (unpaired) electrons. The van der Waals surface area contributed by atoms with E-state index in [-0.39, 0.29) is 5.56 Å². The standard InChI is InChI=1S/C39H33F3N4/c1-22-9-7-10-23(2)36(22)27-17-30(26-13-15-34(40)43-21-26)44-32(19-27)39(5,6)33-20-28(37-24(3)11-8-12-25(37)4)18-31(45-33)29-14-16-35(41)46-38(29)42/h7-21H,1-6H3. The summed E-state index contributed by atoms with van der Waals surface area (Å²) in [5.74, 6) is -2.41. The van der Waals surface area contributed by atoms with Crippen LogP contribution in [-0.2, 0) is 5.41 Å². The minimum Gasteiger partial charge on any atom is -0.252 e. The van der Waals surface area contributed by atoms with Crippen LogP contribution in [-0.4, -0.2) is 19.9 Å². The van der Waals surface area contributed by atoms with Gasteiger partial charge < -0.3 is 0 Å². The van der Waals surface area contributed by atoms with Gasteiger partial charge in [-0.25, -0.2) is 4.98 Å². The first-order valence-corrected chi connectivity index (χ1v) is 15.0. The Hall–Kier alpha value is -5.17. The monoisotopic (exact) mass is 614 g/mol. The van der Waals surface area contributed by atoms with Crippen molar-refractivity contribution in [2.75, 3.05) is 0 Å². The Morgan fingerprint density at radius 2 is 1.02 bits per heavy atom. The van der Waals surface area contributed by atoms with Crippen molar-refractivity contribution >= 4 is 0 Å². The second-order valence-corrected chi connectivity index (χ2v) is 12.3. The molecule has 0 spiro atoms. The second-order valence-electron chi connectivity index (χ2n) is 12.3. The summed E-state index contributed by atoms with van der Waals surface area (Å²) in [6.07, 6.45) is 1.48. The van der Waals surface area contributed by atoms with Gasteiger partial charge in [0.05, 0.1) is 28.3 Å². The molecule has 0 aliphatic heterocycles. The van der Waals surface area contributed by atoms with E-state index in [1.807, 2.05) is 70.2 Å². The van der Waals surface area contributed by atoms with E-state index in [1.165, 1.54) is 18.3 Å². The topological polar surface area (TPSA) is 51.6 Å². The zero-order chi connectivity index (χ0) is 32.7. The van der Waals surface area contributed by atoms with E-state index in [0.717, 1.165) is 50.6 Å². The van der Waals surface area contributed by atoms with Gasteiger partial charge >= 0.3 is 0 Å². The summed E-state index contributed by atoms with van der Waals surface area (Å²) in [6.45, 7) is 12.3. The molecule has 7 heteroatoms. The van der Waals surface area contributed by atoms with E-state index >= 15 is 4.39 Å². The fourth-order valence-electron chi connectivity index (χ4n) is 6.08. The molecular formula is C39H33F3N4. The van der Waals surface area contributed by atoms with Crippen LogP contribution in [0.25, 0.3) is 44.8 Å². The summed E-state index contributed by atoms with van der Waals surface area (Å²) in [7, 11) is 0. The van der Waals surface area contributed by atoms with Crippen molar-refractivity contribution in [2.45, 2.75) is 47.0 Å². The molecular weight excluding hydrogens is 581 g/mol. The molecule has 46 heavy (non-hydrogen) atoms. The number of aryl methyl sites for hydroxylation is 4. The Bertz CT molecular complexity index is 2060. The molecule has 0 N–H and O–H groups in total. The third-order valence-corrected chi connectivity index (χ3v) is 8.58. The number of nitrogens with zero attached hydrogens (tertiary/aromatic N) is 4. The maximum atomic E-state index is 15.1. The second kappa shape index (κ2) is 12.0. The quantitative estimate of drug-likeness (QED) is 0.175. The van der Waals surface area contributed by atoms with E-state index in [4.69, 9.17) is 9.97 Å². The molecule has 0 atom stereocenters. The Kier molecular flexibility index (Phi) is 8.03. The van der Waals surface area contributed by atoms with Crippen molar-refractivity contribution in [3.63, 3.8) is 0 Å². The van der Waals surface area contributed by atoms with Crippen LogP contribution in [0.4, 0.5) is 13.2 Å². The minimum atomic E-state index is -0.934. The summed E-state index contributed by atoms with van der Waals surface area (Å²) in [5.41, 5.74) is 10.5. The Morgan fingerprint density at radius 3 is 1.52 bits per heavy atom. The molecule has 0 unspecified atom stereocenters. The lowest BCUT2D eigenvalue weighted by molar-refractivity contribution is 0.514. The molecule has 0 aliphatic rings. The molecule has 2 aromatic carbocycles. The number of hydrogen-bond donors (Lipinski definition) is 0. The van der Waals surface area contributed by atoms with Crippen LogP contribution in [0, 0.1) is 45.5 Å². The molecule has 0 fully saturated rings. The fourth-order valence-corrected chi connectivity index (χ4v) is 6.08. The highest BCUT2D eigenvalue weighted by Crippen LogP contribution is 2.39. The molecule has 0 amide bonds. The predicted molar refractivity (Wildman–Crippen MR) is 177 cm³/mol. The van der Waals surface area contributed by atoms with Gasteiger partial charge in [-0.15, -0.1) is 0 Å². The van der Waals surface area contributed by atoms with Gasteiger partial charge in [-0.3, -0.25) is 9.97 Å². The molecule has 0 saturated carbocycles. The van der Waals surface area contributed by atoms with Gasteiger partial charge in [-0.2, -0.15) is 18.2 Å². The van der Waals surface area contributed by atoms with Gasteiger partial charge in [-0.05, 0) is 135 Å². The lowest BCUT2D eigenvalue weighted by Gasteiger charge is -2.27. The number of aromatic nitrogens is 4. The van der Waals surface area contributed by atoms with Crippen molar-refractivity contribution in [3.05, 3.63) is 143 Å². The van der Waals surface area contributed by atoms with Gasteiger partial charge in [-0.1, -0.05) is 36.4 Å². The Balaban J connectivity index is 1.62. The summed E-state index contributed by atoms with van der Waals surface area (Å²) in [5, 5.41) is 0. The number of benzene rings is 2. The molecule has 4 heterocycles. The fraction of sp³-hybridized carbons (Fsp3) is 0.179. The first-order valence-electron chi connectivity index (χ1n) is 15.0. The molecule has 0 saturated heterocycles. The zero-order valence-electron chi connectivity index (χ0n) is 26.6. The largest absolute Gasteiger partial charge is 0.252 e. The molecule has 4 nitrogen and oxygen atoms in total. The molecule has 6 aromatic rings. The Morgan fingerprint density at radius 1 is 0.522 bits per heavy atom. The molecule has 0 bridgehead atoms. The molecule has 6 rings (SSSR count). The summed E-state index contributed by atoms with van der Waals surface area (Å²) in [6, 6.07) is 25.6. The van der Waals surface area contributed by atoms with E-state index in [2.05, 4.69) is 42.0 Å². The van der Waals surface area contributed by atoms with Crippen LogP contribution < -0.4 is 0 Å². The van der Waals surface area contributed by atoms with Gasteiger partial charge in [0, 0.05) is 17.2 Å². The van der Waals surface area contributed by atoms with Crippen molar-refractivity contribution in [1.29, 1.82) is 0 Å². The van der Waals surface area contributed by atoms with E-state index in [9.17, 15) is 8.78 Å². The lowest BCUT2D eigenvalue weighted by Crippen LogP contribution is -2.23. The molecule has 230 valence electrons. The zero-order valence-corrected chi connectivity index (χ0v) is 26.6.